The van der Waals surface area contributed by atoms with E-state index in [1.165, 1.54) is 0 Å². The summed E-state index contributed by atoms with van der Waals surface area (Å²) in [5.74, 6) is 1.83. The highest BCUT2D eigenvalue weighted by Crippen LogP contribution is 2.28. The number of aromatic nitrogens is 2. The van der Waals surface area contributed by atoms with Gasteiger partial charge in [0.05, 0.1) is 0 Å². The molecule has 0 unspecified atom stereocenters. The van der Waals surface area contributed by atoms with Crippen LogP contribution in [0.2, 0.25) is 5.15 Å². The summed E-state index contributed by atoms with van der Waals surface area (Å²) in [6, 6.07) is 9.42. The number of hydrogen-bond donors (Lipinski definition) is 0. The van der Waals surface area contributed by atoms with Gasteiger partial charge in [0.1, 0.15) is 16.7 Å². The first kappa shape index (κ1) is 15.6. The molecule has 0 atom stereocenters. The number of hydrogen-bond acceptors (Lipinski definition) is 4. The molecule has 21 heavy (non-hydrogen) atoms. The third-order valence-electron chi connectivity index (χ3n) is 2.90. The van der Waals surface area contributed by atoms with Gasteiger partial charge in [-0.15, -0.1) is 0 Å². The molecule has 0 saturated heterocycles. The minimum Gasteiger partial charge on any atom is -0.439 e. The molecule has 2 aromatic rings. The maximum atomic E-state index is 6.06. The van der Waals surface area contributed by atoms with Crippen LogP contribution in [0.4, 0.5) is 5.69 Å². The van der Waals surface area contributed by atoms with E-state index in [1.807, 2.05) is 64.0 Å². The molecule has 0 aliphatic heterocycles. The summed E-state index contributed by atoms with van der Waals surface area (Å²) >= 11 is 6.06. The van der Waals surface area contributed by atoms with Crippen LogP contribution in [0.5, 0.6) is 11.6 Å². The van der Waals surface area contributed by atoms with Crippen LogP contribution in [0, 0.1) is 0 Å². The molecule has 5 heteroatoms. The molecule has 1 aromatic carbocycles. The lowest BCUT2D eigenvalue weighted by atomic mass is 9.96. The highest BCUT2D eigenvalue weighted by atomic mass is 35.5. The van der Waals surface area contributed by atoms with Crippen LogP contribution < -0.4 is 9.64 Å². The molecule has 0 amide bonds. The molecular formula is C16H20ClN3O. The predicted molar refractivity (Wildman–Crippen MR) is 86.6 cm³/mol. The highest BCUT2D eigenvalue weighted by Gasteiger charge is 2.19. The standard InChI is InChI=1S/C16H20ClN3O/c1-16(2,3)15-18-13(17)10-14(19-15)21-12-8-6-7-11(9-12)20(4)5/h6-10H,1-5H3. The first-order chi connectivity index (χ1) is 9.75. The van der Waals surface area contributed by atoms with Crippen LogP contribution >= 0.6 is 11.6 Å². The van der Waals surface area contributed by atoms with Crippen molar-refractivity contribution in [2.24, 2.45) is 0 Å². The largest absolute Gasteiger partial charge is 0.439 e. The molecule has 0 aliphatic carbocycles. The molecular weight excluding hydrogens is 286 g/mol. The maximum absolute atomic E-state index is 6.06. The van der Waals surface area contributed by atoms with Gasteiger partial charge in [0.15, 0.2) is 0 Å². The maximum Gasteiger partial charge on any atom is 0.224 e. The lowest BCUT2D eigenvalue weighted by Gasteiger charge is -2.18. The molecule has 4 nitrogen and oxygen atoms in total. The van der Waals surface area contributed by atoms with Gasteiger partial charge in [0.2, 0.25) is 5.88 Å². The fraction of sp³-hybridized carbons (Fsp3) is 0.375. The second-order valence-corrected chi connectivity index (χ2v) is 6.48. The minimum absolute atomic E-state index is 0.186. The molecule has 1 aromatic heterocycles. The van der Waals surface area contributed by atoms with Crippen molar-refractivity contribution in [3.05, 3.63) is 41.3 Å². The molecule has 0 aliphatic rings. The normalized spacial score (nSPS) is 11.3. The quantitative estimate of drug-likeness (QED) is 0.793. The molecule has 0 fully saturated rings. The van der Waals surface area contributed by atoms with Crippen molar-refractivity contribution in [1.82, 2.24) is 9.97 Å². The molecule has 0 saturated carbocycles. The Morgan fingerprint density at radius 1 is 1.10 bits per heavy atom. The van der Waals surface area contributed by atoms with Crippen molar-refractivity contribution in [2.75, 3.05) is 19.0 Å². The van der Waals surface area contributed by atoms with Crippen molar-refractivity contribution < 1.29 is 4.74 Å². The third kappa shape index (κ3) is 4.08. The zero-order valence-electron chi connectivity index (χ0n) is 13.0. The van der Waals surface area contributed by atoms with Crippen molar-refractivity contribution in [3.63, 3.8) is 0 Å². The molecule has 112 valence electrons. The minimum atomic E-state index is -0.186. The number of rotatable bonds is 3. The van der Waals surface area contributed by atoms with Gasteiger partial charge in [-0.2, -0.15) is 4.98 Å². The van der Waals surface area contributed by atoms with Crippen molar-refractivity contribution in [2.45, 2.75) is 26.2 Å². The van der Waals surface area contributed by atoms with Crippen LogP contribution in [0.15, 0.2) is 30.3 Å². The van der Waals surface area contributed by atoms with Gasteiger partial charge < -0.3 is 9.64 Å². The van der Waals surface area contributed by atoms with Crippen LogP contribution in [-0.4, -0.2) is 24.1 Å². The Morgan fingerprint density at radius 2 is 1.81 bits per heavy atom. The third-order valence-corrected chi connectivity index (χ3v) is 3.09. The Kier molecular flexibility index (Phi) is 4.37. The summed E-state index contributed by atoms with van der Waals surface area (Å²) in [4.78, 5) is 10.7. The van der Waals surface area contributed by atoms with Crippen LogP contribution in [0.25, 0.3) is 0 Å². The van der Waals surface area contributed by atoms with Crippen LogP contribution in [0.3, 0.4) is 0 Å². The lowest BCUT2D eigenvalue weighted by molar-refractivity contribution is 0.446. The highest BCUT2D eigenvalue weighted by molar-refractivity contribution is 6.29. The monoisotopic (exact) mass is 305 g/mol. The van der Waals surface area contributed by atoms with E-state index in [4.69, 9.17) is 16.3 Å². The SMILES string of the molecule is CN(C)c1cccc(Oc2cc(Cl)nc(C(C)(C)C)n2)c1. The van der Waals surface area contributed by atoms with E-state index in [2.05, 4.69) is 9.97 Å². The van der Waals surface area contributed by atoms with Gasteiger partial charge >= 0.3 is 0 Å². The van der Waals surface area contributed by atoms with E-state index in [1.54, 1.807) is 6.07 Å². The first-order valence-electron chi connectivity index (χ1n) is 6.76. The van der Waals surface area contributed by atoms with E-state index in [9.17, 15) is 0 Å². The summed E-state index contributed by atoms with van der Waals surface area (Å²) in [6.45, 7) is 6.11. The molecule has 2 rings (SSSR count). The Labute approximate surface area is 130 Å². The van der Waals surface area contributed by atoms with Gasteiger partial charge in [0, 0.05) is 37.3 Å². The van der Waals surface area contributed by atoms with Gasteiger partial charge in [-0.3, -0.25) is 0 Å². The van der Waals surface area contributed by atoms with Crippen LogP contribution in [-0.2, 0) is 5.41 Å². The molecule has 0 radical (unpaired) electrons. The van der Waals surface area contributed by atoms with Gasteiger partial charge in [-0.1, -0.05) is 38.4 Å². The van der Waals surface area contributed by atoms with Gasteiger partial charge in [-0.25, -0.2) is 4.98 Å². The van der Waals surface area contributed by atoms with Crippen molar-refractivity contribution in [3.8, 4) is 11.6 Å². The Morgan fingerprint density at radius 3 is 2.43 bits per heavy atom. The fourth-order valence-corrected chi connectivity index (χ4v) is 1.90. The van der Waals surface area contributed by atoms with E-state index < -0.39 is 0 Å². The number of ether oxygens (including phenoxy) is 1. The number of anilines is 1. The van der Waals surface area contributed by atoms with E-state index in [0.29, 0.717) is 16.9 Å². The number of benzene rings is 1. The number of halogens is 1. The Bertz CT molecular complexity index is 636. The summed E-state index contributed by atoms with van der Waals surface area (Å²) in [6.07, 6.45) is 0. The predicted octanol–water partition coefficient (Wildman–Crippen LogP) is 4.29. The summed E-state index contributed by atoms with van der Waals surface area (Å²) in [5, 5.41) is 0.383. The first-order valence-corrected chi connectivity index (χ1v) is 7.14. The Balaban J connectivity index is 2.31. The van der Waals surface area contributed by atoms with Gasteiger partial charge in [-0.05, 0) is 12.1 Å². The van der Waals surface area contributed by atoms with E-state index >= 15 is 0 Å². The summed E-state index contributed by atoms with van der Waals surface area (Å²) in [7, 11) is 3.97. The molecule has 0 N–H and O–H groups in total. The average Bonchev–Trinajstić information content (AvgIpc) is 2.37. The van der Waals surface area contributed by atoms with E-state index in [-0.39, 0.29) is 5.41 Å². The summed E-state index contributed by atoms with van der Waals surface area (Å²) < 4.78 is 5.82. The molecule has 0 bridgehead atoms. The molecule has 0 spiro atoms. The smallest absolute Gasteiger partial charge is 0.224 e. The average molecular weight is 306 g/mol. The topological polar surface area (TPSA) is 38.2 Å². The summed E-state index contributed by atoms with van der Waals surface area (Å²) in [5.41, 5.74) is 0.873. The van der Waals surface area contributed by atoms with E-state index in [0.717, 1.165) is 11.4 Å². The Hall–Kier alpha value is -1.81. The lowest BCUT2D eigenvalue weighted by Crippen LogP contribution is -2.16. The van der Waals surface area contributed by atoms with Crippen LogP contribution in [0.1, 0.15) is 26.6 Å². The zero-order chi connectivity index (χ0) is 15.6. The fourth-order valence-electron chi connectivity index (χ4n) is 1.73. The van der Waals surface area contributed by atoms with Gasteiger partial charge in [0.25, 0.3) is 0 Å². The van der Waals surface area contributed by atoms with Crippen molar-refractivity contribution in [1.29, 1.82) is 0 Å². The van der Waals surface area contributed by atoms with Crippen molar-refractivity contribution >= 4 is 17.3 Å². The number of nitrogens with zero attached hydrogens (tertiary/aromatic N) is 3. The molecule has 1 heterocycles. The second-order valence-electron chi connectivity index (χ2n) is 6.10. The second kappa shape index (κ2) is 5.90. The zero-order valence-corrected chi connectivity index (χ0v) is 13.8.